The maximum atomic E-state index is 13.3. The molecule has 0 bridgehead atoms. The van der Waals surface area contributed by atoms with Gasteiger partial charge in [0.1, 0.15) is 11.5 Å². The average Bonchev–Trinajstić information content (AvgIpc) is 3.04. The number of amides is 1. The molecular weight excluding hydrogens is 470 g/mol. The van der Waals surface area contributed by atoms with Crippen LogP contribution in [-0.2, 0) is 9.59 Å². The molecular formula is C26H22BrNO4. The molecule has 1 atom stereocenters. The van der Waals surface area contributed by atoms with Gasteiger partial charge in [0.05, 0.1) is 24.3 Å². The van der Waals surface area contributed by atoms with Gasteiger partial charge in [0.25, 0.3) is 11.7 Å². The Morgan fingerprint density at radius 1 is 1.00 bits per heavy atom. The van der Waals surface area contributed by atoms with Crippen molar-refractivity contribution >= 4 is 39.1 Å². The van der Waals surface area contributed by atoms with Gasteiger partial charge in [-0.15, -0.1) is 0 Å². The molecule has 1 aliphatic rings. The summed E-state index contributed by atoms with van der Waals surface area (Å²) in [7, 11) is 1.52. The summed E-state index contributed by atoms with van der Waals surface area (Å²) in [5.41, 5.74) is 3.44. The Labute approximate surface area is 195 Å². The molecule has 162 valence electrons. The van der Waals surface area contributed by atoms with E-state index in [0.29, 0.717) is 22.6 Å². The van der Waals surface area contributed by atoms with Gasteiger partial charge >= 0.3 is 0 Å². The second-order valence-electron chi connectivity index (χ2n) is 7.72. The molecule has 3 aromatic rings. The third kappa shape index (κ3) is 3.71. The Morgan fingerprint density at radius 2 is 1.66 bits per heavy atom. The number of benzene rings is 3. The number of halogens is 1. The molecule has 32 heavy (non-hydrogen) atoms. The molecule has 0 radical (unpaired) electrons. The summed E-state index contributed by atoms with van der Waals surface area (Å²) in [6.07, 6.45) is 0. The number of ketones is 1. The molecule has 4 rings (SSSR count). The minimum absolute atomic E-state index is 0.0319. The maximum Gasteiger partial charge on any atom is 0.300 e. The van der Waals surface area contributed by atoms with E-state index in [4.69, 9.17) is 4.74 Å². The Morgan fingerprint density at radius 3 is 2.28 bits per heavy atom. The van der Waals surface area contributed by atoms with Gasteiger partial charge in [0.15, 0.2) is 0 Å². The Bertz CT molecular complexity index is 1230. The van der Waals surface area contributed by atoms with Crippen molar-refractivity contribution in [3.05, 3.63) is 99.0 Å². The number of nitrogens with zero attached hydrogens (tertiary/aromatic N) is 1. The molecule has 5 nitrogen and oxygen atoms in total. The van der Waals surface area contributed by atoms with E-state index < -0.39 is 17.7 Å². The van der Waals surface area contributed by atoms with Crippen LogP contribution >= 0.6 is 15.9 Å². The molecule has 0 aliphatic carbocycles. The van der Waals surface area contributed by atoms with Crippen molar-refractivity contribution in [2.45, 2.75) is 19.9 Å². The van der Waals surface area contributed by atoms with E-state index in [0.717, 1.165) is 15.6 Å². The first-order valence-corrected chi connectivity index (χ1v) is 10.9. The van der Waals surface area contributed by atoms with Crippen LogP contribution in [0, 0.1) is 13.8 Å². The highest BCUT2D eigenvalue weighted by atomic mass is 79.9. The zero-order chi connectivity index (χ0) is 23.0. The van der Waals surface area contributed by atoms with Crippen LogP contribution in [0.3, 0.4) is 0 Å². The number of ether oxygens (including phenoxy) is 1. The first-order chi connectivity index (χ1) is 15.3. The number of hydrogen-bond donors (Lipinski definition) is 1. The second-order valence-corrected chi connectivity index (χ2v) is 8.63. The lowest BCUT2D eigenvalue weighted by atomic mass is 9.93. The Kier molecular flexibility index (Phi) is 5.89. The summed E-state index contributed by atoms with van der Waals surface area (Å²) in [4.78, 5) is 27.9. The number of carbonyl (C=O) groups excluding carboxylic acids is 2. The topological polar surface area (TPSA) is 66.8 Å². The number of anilines is 1. The SMILES string of the molecule is COc1c(C)cc(C)cc1/C(O)=C1\C(=O)C(=O)N(c2ccccc2)C1c1ccc(Br)cc1. The van der Waals surface area contributed by atoms with E-state index in [2.05, 4.69) is 15.9 Å². The molecule has 1 aliphatic heterocycles. The van der Waals surface area contributed by atoms with Crippen molar-refractivity contribution < 1.29 is 19.4 Å². The Hall–Kier alpha value is -3.38. The summed E-state index contributed by atoms with van der Waals surface area (Å²) >= 11 is 3.43. The van der Waals surface area contributed by atoms with Gasteiger partial charge in [-0.1, -0.05) is 52.3 Å². The van der Waals surface area contributed by atoms with Crippen molar-refractivity contribution in [3.8, 4) is 5.75 Å². The van der Waals surface area contributed by atoms with Crippen molar-refractivity contribution in [1.82, 2.24) is 0 Å². The fourth-order valence-corrected chi connectivity index (χ4v) is 4.46. The largest absolute Gasteiger partial charge is 0.507 e. The molecule has 1 N–H and O–H groups in total. The van der Waals surface area contributed by atoms with Gasteiger partial charge in [-0.05, 0) is 60.9 Å². The van der Waals surface area contributed by atoms with E-state index in [1.807, 2.05) is 50.2 Å². The van der Waals surface area contributed by atoms with E-state index in [-0.39, 0.29) is 11.3 Å². The normalized spacial score (nSPS) is 17.6. The summed E-state index contributed by atoms with van der Waals surface area (Å²) < 4.78 is 6.40. The van der Waals surface area contributed by atoms with Gasteiger partial charge in [-0.3, -0.25) is 14.5 Å². The first kappa shape index (κ1) is 21.8. The lowest BCUT2D eigenvalue weighted by Gasteiger charge is -2.25. The van der Waals surface area contributed by atoms with Gasteiger partial charge in [0.2, 0.25) is 0 Å². The molecule has 6 heteroatoms. The second kappa shape index (κ2) is 8.63. The van der Waals surface area contributed by atoms with Crippen LogP contribution in [0.1, 0.15) is 28.3 Å². The summed E-state index contributed by atoms with van der Waals surface area (Å²) in [5.74, 6) is -1.21. The van der Waals surface area contributed by atoms with Gasteiger partial charge in [0, 0.05) is 10.2 Å². The minimum Gasteiger partial charge on any atom is -0.507 e. The van der Waals surface area contributed by atoms with Crippen molar-refractivity contribution in [2.24, 2.45) is 0 Å². The number of aliphatic hydroxyl groups excluding tert-OH is 1. The van der Waals surface area contributed by atoms with Crippen LogP contribution in [-0.4, -0.2) is 23.9 Å². The van der Waals surface area contributed by atoms with Crippen LogP contribution in [0.5, 0.6) is 5.75 Å². The predicted octanol–water partition coefficient (Wildman–Crippen LogP) is 5.70. The number of carbonyl (C=O) groups is 2. The van der Waals surface area contributed by atoms with Gasteiger partial charge in [-0.2, -0.15) is 0 Å². The number of rotatable bonds is 4. The molecule has 0 saturated carbocycles. The van der Waals surface area contributed by atoms with E-state index in [1.165, 1.54) is 12.0 Å². The van der Waals surface area contributed by atoms with E-state index in [1.54, 1.807) is 30.3 Å². The number of aliphatic hydroxyl groups is 1. The zero-order valence-electron chi connectivity index (χ0n) is 17.9. The molecule has 1 saturated heterocycles. The lowest BCUT2D eigenvalue weighted by Crippen LogP contribution is -2.29. The number of hydrogen-bond acceptors (Lipinski definition) is 4. The van der Waals surface area contributed by atoms with Gasteiger partial charge < -0.3 is 9.84 Å². The quantitative estimate of drug-likeness (QED) is 0.288. The third-order valence-corrected chi connectivity index (χ3v) is 6.07. The molecule has 1 unspecified atom stereocenters. The highest BCUT2D eigenvalue weighted by molar-refractivity contribution is 9.10. The van der Waals surface area contributed by atoms with Crippen LogP contribution in [0.2, 0.25) is 0 Å². The molecule has 3 aromatic carbocycles. The third-order valence-electron chi connectivity index (χ3n) is 5.54. The van der Waals surface area contributed by atoms with Crippen LogP contribution in [0.25, 0.3) is 5.76 Å². The Balaban J connectivity index is 2.00. The highest BCUT2D eigenvalue weighted by Crippen LogP contribution is 2.44. The number of para-hydroxylation sites is 1. The van der Waals surface area contributed by atoms with Crippen molar-refractivity contribution in [3.63, 3.8) is 0 Å². The van der Waals surface area contributed by atoms with Crippen molar-refractivity contribution in [1.29, 1.82) is 0 Å². The monoisotopic (exact) mass is 491 g/mol. The number of Topliss-reactive ketones (excluding diaryl/α,β-unsaturated/α-hetero) is 1. The minimum atomic E-state index is -0.781. The zero-order valence-corrected chi connectivity index (χ0v) is 19.5. The van der Waals surface area contributed by atoms with E-state index >= 15 is 0 Å². The number of aryl methyl sites for hydroxylation is 2. The van der Waals surface area contributed by atoms with Crippen LogP contribution in [0.15, 0.2) is 76.8 Å². The fourth-order valence-electron chi connectivity index (χ4n) is 4.19. The molecule has 1 fully saturated rings. The number of methoxy groups -OCH3 is 1. The maximum absolute atomic E-state index is 13.3. The smallest absolute Gasteiger partial charge is 0.300 e. The molecule has 1 heterocycles. The molecule has 0 spiro atoms. The first-order valence-electron chi connectivity index (χ1n) is 10.1. The average molecular weight is 492 g/mol. The lowest BCUT2D eigenvalue weighted by molar-refractivity contribution is -0.132. The standard InChI is InChI=1S/C26H22BrNO4/c1-15-13-16(2)25(32-3)20(14-15)23(29)21-22(17-9-11-18(27)12-10-17)28(26(31)24(21)30)19-7-5-4-6-8-19/h4-14,22,29H,1-3H3/b23-21+. The van der Waals surface area contributed by atoms with Crippen LogP contribution in [0.4, 0.5) is 5.69 Å². The van der Waals surface area contributed by atoms with Crippen molar-refractivity contribution in [2.75, 3.05) is 12.0 Å². The van der Waals surface area contributed by atoms with E-state index in [9.17, 15) is 14.7 Å². The predicted molar refractivity (Wildman–Crippen MR) is 128 cm³/mol. The van der Waals surface area contributed by atoms with Gasteiger partial charge in [-0.25, -0.2) is 0 Å². The van der Waals surface area contributed by atoms with Crippen LogP contribution < -0.4 is 9.64 Å². The fraction of sp³-hybridized carbons (Fsp3) is 0.154. The summed E-state index contributed by atoms with van der Waals surface area (Å²) in [6.45, 7) is 3.77. The molecule has 1 amide bonds. The highest BCUT2D eigenvalue weighted by Gasteiger charge is 2.47. The molecule has 0 aromatic heterocycles. The summed E-state index contributed by atoms with van der Waals surface area (Å²) in [5, 5.41) is 11.4. The summed E-state index contributed by atoms with van der Waals surface area (Å²) in [6, 6.07) is 19.3.